The number of piperidine rings is 1. The highest BCUT2D eigenvalue weighted by Gasteiger charge is 2.32. The Morgan fingerprint density at radius 1 is 1.35 bits per heavy atom. The fraction of sp³-hybridized carbons (Fsp3) is 0.611. The molecular formula is C18H28N2O3. The molecule has 1 saturated heterocycles. The second-order valence-corrected chi connectivity index (χ2v) is 7.07. The van der Waals surface area contributed by atoms with E-state index in [1.165, 1.54) is 0 Å². The zero-order valence-electron chi connectivity index (χ0n) is 14.6. The first-order valence-electron chi connectivity index (χ1n) is 8.26. The lowest BCUT2D eigenvalue weighted by molar-refractivity contribution is 0.0558. The number of carbonyl (C=O) groups is 1. The predicted octanol–water partition coefficient (Wildman–Crippen LogP) is 2.98. The highest BCUT2D eigenvalue weighted by molar-refractivity contribution is 5.90. The minimum Gasteiger partial charge on any atom is -0.443 e. The van der Waals surface area contributed by atoms with E-state index in [1.807, 2.05) is 45.9 Å². The number of nitrogens with one attached hydrogen (secondary N) is 1. The molecule has 2 N–H and O–H groups in total. The average Bonchev–Trinajstić information content (AvgIpc) is 2.48. The van der Waals surface area contributed by atoms with Gasteiger partial charge in [0.1, 0.15) is 5.60 Å². The van der Waals surface area contributed by atoms with Crippen molar-refractivity contribution < 1.29 is 14.6 Å². The van der Waals surface area contributed by atoms with E-state index in [9.17, 15) is 9.90 Å². The number of amides is 1. The monoisotopic (exact) mass is 320 g/mol. The lowest BCUT2D eigenvalue weighted by Crippen LogP contribution is -2.48. The molecule has 0 radical (unpaired) electrons. The van der Waals surface area contributed by atoms with Crippen molar-refractivity contribution in [2.75, 3.05) is 18.0 Å². The van der Waals surface area contributed by atoms with E-state index in [0.717, 1.165) is 42.7 Å². The van der Waals surface area contributed by atoms with Crippen molar-refractivity contribution in [1.82, 2.24) is 5.32 Å². The lowest BCUT2D eigenvalue weighted by atomic mass is 10.0. The first-order valence-corrected chi connectivity index (χ1v) is 8.26. The first kappa shape index (κ1) is 17.8. The Labute approximate surface area is 138 Å². The fourth-order valence-electron chi connectivity index (χ4n) is 2.99. The molecule has 5 nitrogen and oxygen atoms in total. The van der Waals surface area contributed by atoms with Crippen molar-refractivity contribution >= 4 is 11.8 Å². The van der Waals surface area contributed by atoms with Crippen LogP contribution in [0.1, 0.15) is 44.7 Å². The predicted molar refractivity (Wildman–Crippen MR) is 91.7 cm³/mol. The number of para-hydroxylation sites is 1. The van der Waals surface area contributed by atoms with Gasteiger partial charge >= 0.3 is 6.09 Å². The zero-order chi connectivity index (χ0) is 17.0. The maximum Gasteiger partial charge on any atom is 0.415 e. The molecule has 1 heterocycles. The van der Waals surface area contributed by atoms with Gasteiger partial charge in [-0.2, -0.15) is 0 Å². The van der Waals surface area contributed by atoms with E-state index in [0.29, 0.717) is 0 Å². The number of hydrogen-bond acceptors (Lipinski definition) is 4. The lowest BCUT2D eigenvalue weighted by Gasteiger charge is -2.37. The molecular weight excluding hydrogens is 292 g/mol. The molecule has 2 rings (SSSR count). The normalized spacial score (nSPS) is 16.2. The van der Waals surface area contributed by atoms with Crippen molar-refractivity contribution in [3.05, 3.63) is 29.3 Å². The maximum absolute atomic E-state index is 12.9. The Balaban J connectivity index is 2.43. The minimum atomic E-state index is -0.551. The molecule has 0 aliphatic carbocycles. The van der Waals surface area contributed by atoms with Gasteiger partial charge in [-0.05, 0) is 59.2 Å². The van der Waals surface area contributed by atoms with Crippen LogP contribution in [0.2, 0.25) is 0 Å². The highest BCUT2D eigenvalue weighted by Crippen LogP contribution is 2.31. The number of nitrogens with zero attached hydrogens (tertiary/aromatic N) is 1. The van der Waals surface area contributed by atoms with Crippen LogP contribution < -0.4 is 10.2 Å². The molecule has 1 aliphatic heterocycles. The molecule has 0 saturated carbocycles. The molecule has 23 heavy (non-hydrogen) atoms. The standard InChI is InChI=1S/C18H28N2O3/c1-13-6-5-7-14(12-21)16(13)20(15-8-10-19-11-9-15)17(22)23-18(2,3)4/h5-7,15,19,21H,8-12H2,1-4H3. The van der Waals surface area contributed by atoms with Gasteiger partial charge in [0, 0.05) is 11.6 Å². The van der Waals surface area contributed by atoms with Gasteiger partial charge in [-0.15, -0.1) is 0 Å². The topological polar surface area (TPSA) is 61.8 Å². The quantitative estimate of drug-likeness (QED) is 0.899. The van der Waals surface area contributed by atoms with E-state index in [2.05, 4.69) is 5.32 Å². The summed E-state index contributed by atoms with van der Waals surface area (Å²) in [5.41, 5.74) is 1.97. The number of rotatable bonds is 3. The molecule has 0 atom stereocenters. The summed E-state index contributed by atoms with van der Waals surface area (Å²) < 4.78 is 5.65. The number of ether oxygens (including phenoxy) is 1. The van der Waals surface area contributed by atoms with Crippen molar-refractivity contribution in [1.29, 1.82) is 0 Å². The number of anilines is 1. The average molecular weight is 320 g/mol. The number of aryl methyl sites for hydroxylation is 1. The van der Waals surface area contributed by atoms with Crippen LogP contribution in [-0.2, 0) is 11.3 Å². The maximum atomic E-state index is 12.9. The van der Waals surface area contributed by atoms with E-state index >= 15 is 0 Å². The molecule has 1 aromatic rings. The van der Waals surface area contributed by atoms with Gasteiger partial charge in [0.05, 0.1) is 12.3 Å². The van der Waals surface area contributed by atoms with Crippen molar-refractivity contribution in [3.8, 4) is 0 Å². The molecule has 0 aromatic heterocycles. The summed E-state index contributed by atoms with van der Waals surface area (Å²) >= 11 is 0. The third-order valence-corrected chi connectivity index (χ3v) is 4.00. The number of hydrogen-bond donors (Lipinski definition) is 2. The van der Waals surface area contributed by atoms with Crippen LogP contribution in [0.15, 0.2) is 18.2 Å². The van der Waals surface area contributed by atoms with Crippen LogP contribution >= 0.6 is 0 Å². The summed E-state index contributed by atoms with van der Waals surface area (Å²) in [6, 6.07) is 5.81. The Morgan fingerprint density at radius 2 is 2.00 bits per heavy atom. The van der Waals surface area contributed by atoms with E-state index < -0.39 is 5.60 Å². The number of aliphatic hydroxyl groups excluding tert-OH is 1. The van der Waals surface area contributed by atoms with Crippen molar-refractivity contribution in [2.45, 2.75) is 58.8 Å². The van der Waals surface area contributed by atoms with Crippen LogP contribution in [0.3, 0.4) is 0 Å². The number of aliphatic hydroxyl groups is 1. The number of benzene rings is 1. The van der Waals surface area contributed by atoms with Crippen LogP contribution in [0.4, 0.5) is 10.5 Å². The highest BCUT2D eigenvalue weighted by atomic mass is 16.6. The van der Waals surface area contributed by atoms with Gasteiger partial charge in [-0.25, -0.2) is 4.79 Å². The molecule has 0 spiro atoms. The third-order valence-electron chi connectivity index (χ3n) is 4.00. The molecule has 1 amide bonds. The van der Waals surface area contributed by atoms with E-state index in [1.54, 1.807) is 4.90 Å². The summed E-state index contributed by atoms with van der Waals surface area (Å²) in [6.07, 6.45) is 1.41. The van der Waals surface area contributed by atoms with E-state index in [-0.39, 0.29) is 18.7 Å². The summed E-state index contributed by atoms with van der Waals surface area (Å²) in [5, 5.41) is 13.0. The largest absolute Gasteiger partial charge is 0.443 e. The Bertz CT molecular complexity index is 546. The summed E-state index contributed by atoms with van der Waals surface area (Å²) in [5.74, 6) is 0. The van der Waals surface area contributed by atoms with Gasteiger partial charge in [0.25, 0.3) is 0 Å². The summed E-state index contributed by atoms with van der Waals surface area (Å²) in [6.45, 7) is 9.24. The second-order valence-electron chi connectivity index (χ2n) is 7.07. The van der Waals surface area contributed by atoms with Crippen LogP contribution in [0.5, 0.6) is 0 Å². The summed E-state index contributed by atoms with van der Waals surface area (Å²) in [7, 11) is 0. The summed E-state index contributed by atoms with van der Waals surface area (Å²) in [4.78, 5) is 14.6. The Kier molecular flexibility index (Phi) is 5.65. The van der Waals surface area contributed by atoms with Gasteiger partial charge < -0.3 is 15.2 Å². The van der Waals surface area contributed by atoms with Gasteiger partial charge in [0.15, 0.2) is 0 Å². The molecule has 0 unspecified atom stereocenters. The van der Waals surface area contributed by atoms with Crippen molar-refractivity contribution in [3.63, 3.8) is 0 Å². The first-order chi connectivity index (χ1) is 10.8. The van der Waals surface area contributed by atoms with Gasteiger partial charge in [-0.3, -0.25) is 4.90 Å². The van der Waals surface area contributed by atoms with Gasteiger partial charge in [-0.1, -0.05) is 18.2 Å². The Hall–Kier alpha value is -1.59. The second kappa shape index (κ2) is 7.32. The molecule has 1 aromatic carbocycles. The molecule has 1 fully saturated rings. The molecule has 5 heteroatoms. The van der Waals surface area contributed by atoms with E-state index in [4.69, 9.17) is 4.74 Å². The Morgan fingerprint density at radius 3 is 2.57 bits per heavy atom. The van der Waals surface area contributed by atoms with Crippen LogP contribution in [0.25, 0.3) is 0 Å². The molecule has 128 valence electrons. The smallest absolute Gasteiger partial charge is 0.415 e. The zero-order valence-corrected chi connectivity index (χ0v) is 14.6. The molecule has 0 bridgehead atoms. The number of carbonyl (C=O) groups excluding carboxylic acids is 1. The van der Waals surface area contributed by atoms with Crippen LogP contribution in [-0.4, -0.2) is 35.9 Å². The SMILES string of the molecule is Cc1cccc(CO)c1N(C(=O)OC(C)(C)C)C1CCNCC1. The van der Waals surface area contributed by atoms with Crippen LogP contribution in [0, 0.1) is 6.92 Å². The minimum absolute atomic E-state index is 0.0810. The fourth-order valence-corrected chi connectivity index (χ4v) is 2.99. The third kappa shape index (κ3) is 4.45. The van der Waals surface area contributed by atoms with Gasteiger partial charge in [0.2, 0.25) is 0 Å². The molecule has 1 aliphatic rings. The van der Waals surface area contributed by atoms with Crippen molar-refractivity contribution in [2.24, 2.45) is 0 Å².